The van der Waals surface area contributed by atoms with E-state index in [9.17, 15) is 5.26 Å². The molecule has 1 aromatic carbocycles. The number of halogens is 1. The number of nitrogens with zero attached hydrogens (tertiary/aromatic N) is 3. The third kappa shape index (κ3) is 2.34. The van der Waals surface area contributed by atoms with Gasteiger partial charge >= 0.3 is 0 Å². The maximum absolute atomic E-state index is 9.43. The van der Waals surface area contributed by atoms with Crippen LogP contribution in [0.3, 0.4) is 0 Å². The molecule has 1 atom stereocenters. The molecule has 0 unspecified atom stereocenters. The number of rotatable bonds is 2. The first kappa shape index (κ1) is 12.9. The van der Waals surface area contributed by atoms with E-state index in [2.05, 4.69) is 25.0 Å². The average Bonchev–Trinajstić information content (AvgIpc) is 2.56. The largest absolute Gasteiger partial charge is 0.269 e. The van der Waals surface area contributed by atoms with Crippen LogP contribution in [0, 0.1) is 11.3 Å². The summed E-state index contributed by atoms with van der Waals surface area (Å²) in [7, 11) is 0. The number of nitriles is 1. The van der Waals surface area contributed by atoms with E-state index in [0.29, 0.717) is 5.02 Å². The van der Waals surface area contributed by atoms with Crippen LogP contribution in [-0.2, 0) is 0 Å². The maximum Gasteiger partial charge on any atom is 0.159 e. The second-order valence-corrected chi connectivity index (χ2v) is 5.69. The van der Waals surface area contributed by atoms with Gasteiger partial charge in [0.2, 0.25) is 0 Å². The zero-order valence-electron chi connectivity index (χ0n) is 10.8. The Kier molecular flexibility index (Phi) is 3.32. The van der Waals surface area contributed by atoms with Crippen LogP contribution in [0.1, 0.15) is 38.8 Å². The van der Waals surface area contributed by atoms with E-state index in [1.54, 1.807) is 12.1 Å². The average molecular weight is 262 g/mol. The Hall–Kier alpha value is -1.53. The van der Waals surface area contributed by atoms with Gasteiger partial charge in [0.1, 0.15) is 0 Å². The first-order valence-electron chi connectivity index (χ1n) is 5.92. The normalized spacial score (nSPS) is 19.3. The fourth-order valence-electron chi connectivity index (χ4n) is 2.38. The van der Waals surface area contributed by atoms with Crippen molar-refractivity contribution >= 4 is 17.3 Å². The minimum absolute atomic E-state index is 0.121. The molecule has 0 amide bonds. The second-order valence-electron chi connectivity index (χ2n) is 5.25. The first-order chi connectivity index (χ1) is 8.44. The molecule has 0 radical (unpaired) electrons. The Balaban J connectivity index is 2.35. The molecule has 0 aliphatic carbocycles. The Morgan fingerprint density at radius 3 is 2.44 bits per heavy atom. The highest BCUT2D eigenvalue weighted by molar-refractivity contribution is 6.30. The summed E-state index contributed by atoms with van der Waals surface area (Å²) >= 11 is 5.87. The van der Waals surface area contributed by atoms with Gasteiger partial charge in [-0.2, -0.15) is 10.4 Å². The van der Waals surface area contributed by atoms with Gasteiger partial charge in [0.05, 0.1) is 11.6 Å². The third-order valence-corrected chi connectivity index (χ3v) is 3.39. The highest BCUT2D eigenvalue weighted by Gasteiger charge is 2.37. The highest BCUT2D eigenvalue weighted by Crippen LogP contribution is 2.35. The minimum atomic E-state index is -0.366. The Morgan fingerprint density at radius 2 is 2.00 bits per heavy atom. The molecule has 1 aromatic rings. The van der Waals surface area contributed by atoms with Crippen LogP contribution in [0.2, 0.25) is 5.02 Å². The lowest BCUT2D eigenvalue weighted by Gasteiger charge is -2.34. The highest BCUT2D eigenvalue weighted by atomic mass is 35.5. The van der Waals surface area contributed by atoms with Crippen LogP contribution in [0.25, 0.3) is 0 Å². The molecule has 1 aliphatic rings. The van der Waals surface area contributed by atoms with Gasteiger partial charge in [-0.15, -0.1) is 0 Å². The standard InChI is InChI=1S/C14H16ClN3/c1-10-8-14(2,3)18(17-10)13(9-16)11-4-6-12(15)7-5-11/h4-7,13H,8H2,1-3H3/t13-/m0/s1. The number of hydrogen-bond donors (Lipinski definition) is 0. The number of hydrazone groups is 1. The second kappa shape index (κ2) is 4.62. The first-order valence-corrected chi connectivity index (χ1v) is 6.30. The van der Waals surface area contributed by atoms with Gasteiger partial charge in [-0.1, -0.05) is 23.7 Å². The summed E-state index contributed by atoms with van der Waals surface area (Å²) in [4.78, 5) is 0. The summed E-state index contributed by atoms with van der Waals surface area (Å²) in [5.74, 6) is 0. The monoisotopic (exact) mass is 261 g/mol. The molecule has 0 fully saturated rings. The lowest BCUT2D eigenvalue weighted by Crippen LogP contribution is -2.38. The molecule has 1 aliphatic heterocycles. The predicted molar refractivity (Wildman–Crippen MR) is 73.5 cm³/mol. The quantitative estimate of drug-likeness (QED) is 0.813. The van der Waals surface area contributed by atoms with Crippen molar-refractivity contribution in [2.24, 2.45) is 5.10 Å². The predicted octanol–water partition coefficient (Wildman–Crippen LogP) is 3.76. The zero-order chi connectivity index (χ0) is 13.3. The number of benzene rings is 1. The van der Waals surface area contributed by atoms with Crippen molar-refractivity contribution in [1.82, 2.24) is 5.01 Å². The summed E-state index contributed by atoms with van der Waals surface area (Å²) in [6, 6.07) is 9.35. The van der Waals surface area contributed by atoms with Crippen molar-refractivity contribution in [3.05, 3.63) is 34.9 Å². The van der Waals surface area contributed by atoms with E-state index in [-0.39, 0.29) is 11.6 Å². The molecule has 18 heavy (non-hydrogen) atoms. The molecule has 0 saturated carbocycles. The van der Waals surface area contributed by atoms with Crippen LogP contribution in [-0.4, -0.2) is 16.3 Å². The van der Waals surface area contributed by atoms with E-state index in [1.807, 2.05) is 24.1 Å². The topological polar surface area (TPSA) is 39.4 Å². The summed E-state index contributed by atoms with van der Waals surface area (Å²) in [6.45, 7) is 6.21. The molecular formula is C14H16ClN3. The Labute approximate surface area is 113 Å². The van der Waals surface area contributed by atoms with Gasteiger partial charge in [0.25, 0.3) is 0 Å². The van der Waals surface area contributed by atoms with Crippen LogP contribution in [0.15, 0.2) is 29.4 Å². The smallest absolute Gasteiger partial charge is 0.159 e. The zero-order valence-corrected chi connectivity index (χ0v) is 11.6. The third-order valence-electron chi connectivity index (χ3n) is 3.14. The van der Waals surface area contributed by atoms with Crippen molar-refractivity contribution in [3.8, 4) is 6.07 Å². The Bertz CT molecular complexity index is 511. The molecule has 3 nitrogen and oxygen atoms in total. The summed E-state index contributed by atoms with van der Waals surface area (Å²) in [5.41, 5.74) is 1.87. The van der Waals surface area contributed by atoms with Crippen molar-refractivity contribution in [3.63, 3.8) is 0 Å². The Morgan fingerprint density at radius 1 is 1.39 bits per heavy atom. The van der Waals surface area contributed by atoms with Gasteiger partial charge in [0, 0.05) is 17.2 Å². The lowest BCUT2D eigenvalue weighted by molar-refractivity contribution is 0.123. The molecule has 0 N–H and O–H groups in total. The number of hydrogen-bond acceptors (Lipinski definition) is 3. The van der Waals surface area contributed by atoms with Gasteiger partial charge < -0.3 is 0 Å². The summed E-state index contributed by atoms with van der Waals surface area (Å²) in [6.07, 6.45) is 0.888. The molecule has 1 heterocycles. The van der Waals surface area contributed by atoms with E-state index in [4.69, 9.17) is 11.6 Å². The van der Waals surface area contributed by atoms with Crippen molar-refractivity contribution in [2.45, 2.75) is 38.8 Å². The SMILES string of the molecule is CC1=NN([C@@H](C#N)c2ccc(Cl)cc2)C(C)(C)C1. The molecular weight excluding hydrogens is 246 g/mol. The molecule has 0 bridgehead atoms. The van der Waals surface area contributed by atoms with Crippen molar-refractivity contribution in [2.75, 3.05) is 0 Å². The summed E-state index contributed by atoms with van der Waals surface area (Å²) < 4.78 is 0. The van der Waals surface area contributed by atoms with E-state index < -0.39 is 0 Å². The van der Waals surface area contributed by atoms with Crippen molar-refractivity contribution in [1.29, 1.82) is 5.26 Å². The molecule has 94 valence electrons. The van der Waals surface area contributed by atoms with Crippen LogP contribution in [0.5, 0.6) is 0 Å². The lowest BCUT2D eigenvalue weighted by atomic mass is 9.96. The maximum atomic E-state index is 9.43. The minimum Gasteiger partial charge on any atom is -0.269 e. The van der Waals surface area contributed by atoms with Gasteiger partial charge in [-0.05, 0) is 38.5 Å². The molecule has 0 aromatic heterocycles. The van der Waals surface area contributed by atoms with Crippen LogP contribution >= 0.6 is 11.6 Å². The van der Waals surface area contributed by atoms with E-state index in [0.717, 1.165) is 17.7 Å². The fourth-order valence-corrected chi connectivity index (χ4v) is 2.51. The van der Waals surface area contributed by atoms with E-state index >= 15 is 0 Å². The molecule has 2 rings (SSSR count). The van der Waals surface area contributed by atoms with E-state index in [1.165, 1.54) is 0 Å². The fraction of sp³-hybridized carbons (Fsp3) is 0.429. The van der Waals surface area contributed by atoms with Crippen molar-refractivity contribution < 1.29 is 0 Å². The summed E-state index contributed by atoms with van der Waals surface area (Å²) in [5, 5.41) is 16.5. The molecule has 0 saturated heterocycles. The van der Waals surface area contributed by atoms with Gasteiger partial charge in [-0.3, -0.25) is 5.01 Å². The molecule has 4 heteroatoms. The van der Waals surface area contributed by atoms with Gasteiger partial charge in [0.15, 0.2) is 6.04 Å². The van der Waals surface area contributed by atoms with Crippen LogP contribution < -0.4 is 0 Å². The van der Waals surface area contributed by atoms with Gasteiger partial charge in [-0.25, -0.2) is 0 Å². The molecule has 0 spiro atoms. The van der Waals surface area contributed by atoms with Crippen LogP contribution in [0.4, 0.5) is 0 Å².